The van der Waals surface area contributed by atoms with Gasteiger partial charge in [0.05, 0.1) is 5.25 Å². The van der Waals surface area contributed by atoms with Gasteiger partial charge in [0.15, 0.2) is 0 Å². The summed E-state index contributed by atoms with van der Waals surface area (Å²) in [6.45, 7) is 2.79. The molecule has 0 radical (unpaired) electrons. The molecule has 0 spiro atoms. The number of benzene rings is 2. The molecule has 2 aromatic rings. The van der Waals surface area contributed by atoms with Crippen LogP contribution in [0.3, 0.4) is 0 Å². The van der Waals surface area contributed by atoms with Gasteiger partial charge in [-0.15, -0.1) is 0 Å². The quantitative estimate of drug-likeness (QED) is 0.749. The number of carbonyl (C=O) groups excluding carboxylic acids is 1. The van der Waals surface area contributed by atoms with E-state index in [1.165, 1.54) is 5.56 Å². The van der Waals surface area contributed by atoms with Crippen LogP contribution >= 0.6 is 0 Å². The SMILES string of the molecule is O=C(NCCc1ccccc1)N1CC[C@@H]2CN(CCc3ccccc3)S(=O)(=O)[C@@H]2CC1. The van der Waals surface area contributed by atoms with Gasteiger partial charge in [0, 0.05) is 32.7 Å². The van der Waals surface area contributed by atoms with Crippen molar-refractivity contribution < 1.29 is 13.2 Å². The summed E-state index contributed by atoms with van der Waals surface area (Å²) < 4.78 is 27.9. The van der Waals surface area contributed by atoms with E-state index in [0.29, 0.717) is 39.1 Å². The molecule has 31 heavy (non-hydrogen) atoms. The Kier molecular flexibility index (Phi) is 6.92. The van der Waals surface area contributed by atoms with Gasteiger partial charge in [0.1, 0.15) is 0 Å². The molecule has 2 aliphatic rings. The van der Waals surface area contributed by atoms with Crippen molar-refractivity contribution in [3.8, 4) is 0 Å². The summed E-state index contributed by atoms with van der Waals surface area (Å²) in [7, 11) is -3.31. The van der Waals surface area contributed by atoms with E-state index >= 15 is 0 Å². The predicted octanol–water partition coefficient (Wildman–Crippen LogP) is 2.91. The maximum absolute atomic E-state index is 13.1. The topological polar surface area (TPSA) is 69.7 Å². The lowest BCUT2D eigenvalue weighted by molar-refractivity contribution is 0.198. The van der Waals surface area contributed by atoms with Crippen LogP contribution in [0.25, 0.3) is 0 Å². The number of sulfonamides is 1. The molecule has 2 aromatic carbocycles. The smallest absolute Gasteiger partial charge is 0.317 e. The van der Waals surface area contributed by atoms with E-state index in [1.807, 2.05) is 60.7 Å². The highest BCUT2D eigenvalue weighted by Crippen LogP contribution is 2.34. The number of rotatable bonds is 6. The van der Waals surface area contributed by atoms with Crippen molar-refractivity contribution in [2.45, 2.75) is 30.9 Å². The molecule has 0 saturated carbocycles. The largest absolute Gasteiger partial charge is 0.338 e. The monoisotopic (exact) mass is 441 g/mol. The molecular formula is C24H31N3O3S. The number of urea groups is 1. The maximum Gasteiger partial charge on any atom is 0.317 e. The zero-order valence-corrected chi connectivity index (χ0v) is 18.6. The Labute approximate surface area is 185 Å². The van der Waals surface area contributed by atoms with Crippen LogP contribution in [0, 0.1) is 5.92 Å². The normalized spacial score (nSPS) is 23.2. The average molecular weight is 442 g/mol. The molecule has 2 amide bonds. The Morgan fingerprint density at radius 1 is 0.903 bits per heavy atom. The minimum Gasteiger partial charge on any atom is -0.338 e. The molecule has 0 unspecified atom stereocenters. The van der Waals surface area contributed by atoms with E-state index in [1.54, 1.807) is 9.21 Å². The van der Waals surface area contributed by atoms with Crippen LogP contribution in [0.5, 0.6) is 0 Å². The summed E-state index contributed by atoms with van der Waals surface area (Å²) in [4.78, 5) is 14.4. The first-order chi connectivity index (χ1) is 15.0. The fraction of sp³-hybridized carbons (Fsp3) is 0.458. The number of hydrogen-bond donors (Lipinski definition) is 1. The second-order valence-electron chi connectivity index (χ2n) is 8.47. The Hall–Kier alpha value is -2.38. The maximum atomic E-state index is 13.1. The van der Waals surface area contributed by atoms with Crippen molar-refractivity contribution in [2.75, 3.05) is 32.7 Å². The van der Waals surface area contributed by atoms with Crippen LogP contribution < -0.4 is 5.32 Å². The highest BCUT2D eigenvalue weighted by Gasteiger charge is 2.46. The minimum atomic E-state index is -3.31. The lowest BCUT2D eigenvalue weighted by Crippen LogP contribution is -2.42. The summed E-state index contributed by atoms with van der Waals surface area (Å²) >= 11 is 0. The van der Waals surface area contributed by atoms with Gasteiger partial charge in [-0.1, -0.05) is 60.7 Å². The van der Waals surface area contributed by atoms with Gasteiger partial charge in [-0.25, -0.2) is 17.5 Å². The molecule has 2 saturated heterocycles. The van der Waals surface area contributed by atoms with E-state index in [-0.39, 0.29) is 17.2 Å². The fourth-order valence-electron chi connectivity index (χ4n) is 4.69. The molecule has 4 rings (SSSR count). The third-order valence-corrected chi connectivity index (χ3v) is 8.91. The predicted molar refractivity (Wildman–Crippen MR) is 122 cm³/mol. The van der Waals surface area contributed by atoms with Crippen molar-refractivity contribution in [1.82, 2.24) is 14.5 Å². The Morgan fingerprint density at radius 2 is 1.52 bits per heavy atom. The highest BCUT2D eigenvalue weighted by molar-refractivity contribution is 7.90. The van der Waals surface area contributed by atoms with E-state index in [0.717, 1.165) is 24.8 Å². The molecule has 0 bridgehead atoms. The van der Waals surface area contributed by atoms with Crippen molar-refractivity contribution in [3.05, 3.63) is 71.8 Å². The van der Waals surface area contributed by atoms with Gasteiger partial charge in [-0.2, -0.15) is 0 Å². The van der Waals surface area contributed by atoms with Gasteiger partial charge in [0.2, 0.25) is 10.0 Å². The molecule has 2 heterocycles. The number of likely N-dealkylation sites (tertiary alicyclic amines) is 1. The van der Waals surface area contributed by atoms with Gasteiger partial charge in [0.25, 0.3) is 0 Å². The molecule has 2 atom stereocenters. The van der Waals surface area contributed by atoms with Crippen molar-refractivity contribution in [3.63, 3.8) is 0 Å². The Bertz CT molecular complexity index is 966. The van der Waals surface area contributed by atoms with Crippen molar-refractivity contribution in [1.29, 1.82) is 0 Å². The van der Waals surface area contributed by atoms with Crippen LogP contribution in [-0.4, -0.2) is 61.6 Å². The Morgan fingerprint density at radius 3 is 2.19 bits per heavy atom. The number of nitrogens with one attached hydrogen (secondary N) is 1. The summed E-state index contributed by atoms with van der Waals surface area (Å²) in [5.41, 5.74) is 2.35. The number of hydrogen-bond acceptors (Lipinski definition) is 3. The average Bonchev–Trinajstić information content (AvgIpc) is 2.92. The van der Waals surface area contributed by atoms with E-state index in [9.17, 15) is 13.2 Å². The van der Waals surface area contributed by atoms with Crippen LogP contribution in [0.2, 0.25) is 0 Å². The van der Waals surface area contributed by atoms with E-state index < -0.39 is 10.0 Å². The number of carbonyl (C=O) groups is 1. The molecule has 1 N–H and O–H groups in total. The molecule has 6 nitrogen and oxygen atoms in total. The summed E-state index contributed by atoms with van der Waals surface area (Å²) in [5.74, 6) is 0.0999. The fourth-order valence-corrected chi connectivity index (χ4v) is 6.93. The summed E-state index contributed by atoms with van der Waals surface area (Å²) in [6, 6.07) is 20.0. The van der Waals surface area contributed by atoms with E-state index in [4.69, 9.17) is 0 Å². The van der Waals surface area contributed by atoms with Crippen molar-refractivity contribution in [2.24, 2.45) is 5.92 Å². The second-order valence-corrected chi connectivity index (χ2v) is 10.6. The van der Waals surface area contributed by atoms with Crippen LogP contribution in [0.4, 0.5) is 4.79 Å². The molecule has 2 fully saturated rings. The van der Waals surface area contributed by atoms with Gasteiger partial charge in [-0.05, 0) is 42.7 Å². The van der Waals surface area contributed by atoms with Crippen LogP contribution in [-0.2, 0) is 22.9 Å². The first-order valence-corrected chi connectivity index (χ1v) is 12.6. The lowest BCUT2D eigenvalue weighted by atomic mass is 10.0. The first kappa shape index (κ1) is 21.8. The molecule has 0 aromatic heterocycles. The van der Waals surface area contributed by atoms with Crippen molar-refractivity contribution >= 4 is 16.1 Å². The first-order valence-electron chi connectivity index (χ1n) is 11.1. The summed E-state index contributed by atoms with van der Waals surface area (Å²) in [5, 5.41) is 2.62. The minimum absolute atomic E-state index is 0.0887. The number of fused-ring (bicyclic) bond motifs is 1. The summed E-state index contributed by atoms with van der Waals surface area (Å²) in [6.07, 6.45) is 2.77. The highest BCUT2D eigenvalue weighted by atomic mass is 32.2. The third-order valence-electron chi connectivity index (χ3n) is 6.47. The molecule has 166 valence electrons. The van der Waals surface area contributed by atoms with Crippen LogP contribution in [0.15, 0.2) is 60.7 Å². The van der Waals surface area contributed by atoms with E-state index in [2.05, 4.69) is 5.32 Å². The number of amides is 2. The van der Waals surface area contributed by atoms with Crippen LogP contribution in [0.1, 0.15) is 24.0 Å². The van der Waals surface area contributed by atoms with Gasteiger partial charge in [-0.3, -0.25) is 0 Å². The zero-order valence-electron chi connectivity index (χ0n) is 17.8. The second kappa shape index (κ2) is 9.83. The standard InChI is InChI=1S/C24H31N3O3S/c28-24(25-15-11-20-7-3-1-4-8-20)26-16-13-22-19-27(31(29,30)23(22)14-17-26)18-12-21-9-5-2-6-10-21/h1-10,22-23H,11-19H2,(H,25,28)/t22-,23-/m1/s1. The Balaban J connectivity index is 1.28. The molecule has 0 aliphatic carbocycles. The molecule has 7 heteroatoms. The molecular weight excluding hydrogens is 410 g/mol. The van der Waals surface area contributed by atoms with Gasteiger partial charge >= 0.3 is 6.03 Å². The lowest BCUT2D eigenvalue weighted by Gasteiger charge is -2.22. The zero-order chi connectivity index (χ0) is 21.7. The third kappa shape index (κ3) is 5.28. The molecule has 2 aliphatic heterocycles. The number of nitrogens with zero attached hydrogens (tertiary/aromatic N) is 2. The van der Waals surface area contributed by atoms with Gasteiger partial charge < -0.3 is 10.2 Å².